The lowest BCUT2D eigenvalue weighted by atomic mass is 9.12. The zero-order valence-electron chi connectivity index (χ0n) is 38.8. The van der Waals surface area contributed by atoms with E-state index in [4.69, 9.17) is 16.3 Å². The Morgan fingerprint density at radius 3 is 1.02 bits per heavy atom. The van der Waals surface area contributed by atoms with Crippen LogP contribution in [0, 0.1) is 0 Å². The van der Waals surface area contributed by atoms with Crippen LogP contribution in [0.4, 0.5) is 105 Å². The molecular formula is C50H26BClF24N2O2. The molecule has 0 radical (unpaired) electrons. The third kappa shape index (κ3) is 14.5. The van der Waals surface area contributed by atoms with E-state index < -0.39 is 201 Å². The molecule has 426 valence electrons. The third-order valence-corrected chi connectivity index (χ3v) is 11.9. The molecule has 0 N–H and O–H groups in total. The summed E-state index contributed by atoms with van der Waals surface area (Å²) in [4.78, 5) is 16.4. The van der Waals surface area contributed by atoms with Gasteiger partial charge in [-0.2, -0.15) is 132 Å². The van der Waals surface area contributed by atoms with Crippen molar-refractivity contribution >= 4 is 45.6 Å². The average Bonchev–Trinajstić information content (AvgIpc) is 3.32. The second kappa shape index (κ2) is 21.9. The molecule has 30 heteroatoms. The number of hydrogen-bond donors (Lipinski definition) is 0. The molecule has 0 amide bonds. The standard InChI is InChI=1S/C32H12BF24.C18H14ClN2O2/c34-25(35,36)13-1-14(26(37,38)39)6-21(5-13)33(22-7-15(27(40,41)42)2-16(8-22)28(43,44)45,23-9-17(29(46,47)48)3-18(10-23)30(49,50)51)24-11-19(31(52,53)54)4-20(12-24)32(55,56)57;19-15-7-4-8-16(11-15)23-18(22)17-12-20-9-10-21(17)13-14-5-2-1-3-6-14/h1-12H;1-12H,13H2/q-1;+1. The number of carbonyl (C=O) groups is 1. The maximum absolute atomic E-state index is 14.2. The predicted molar refractivity (Wildman–Crippen MR) is 236 cm³/mol. The first-order chi connectivity index (χ1) is 36.5. The highest BCUT2D eigenvalue weighted by molar-refractivity contribution is 7.20. The number of rotatable bonds is 8. The molecular weight excluding hydrogens is 1160 g/mol. The van der Waals surface area contributed by atoms with Crippen molar-refractivity contribution in [2.45, 2.75) is 56.0 Å². The Labute approximate surface area is 437 Å². The van der Waals surface area contributed by atoms with E-state index in [0.717, 1.165) is 5.56 Å². The number of benzene rings is 6. The van der Waals surface area contributed by atoms with E-state index in [2.05, 4.69) is 4.98 Å². The van der Waals surface area contributed by atoms with Crippen molar-refractivity contribution in [3.63, 3.8) is 0 Å². The minimum atomic E-state index is -6.13. The predicted octanol–water partition coefficient (Wildman–Crippen LogP) is 14.5. The summed E-state index contributed by atoms with van der Waals surface area (Å²) in [6.45, 7) is 0.559. The maximum Gasteiger partial charge on any atom is 0.416 e. The molecule has 0 aliphatic carbocycles. The molecule has 0 spiro atoms. The fraction of sp³-hybridized carbons (Fsp3) is 0.180. The van der Waals surface area contributed by atoms with Crippen molar-refractivity contribution in [3.8, 4) is 5.75 Å². The van der Waals surface area contributed by atoms with E-state index in [0.29, 0.717) is 23.0 Å². The van der Waals surface area contributed by atoms with Crippen LogP contribution < -0.4 is 31.2 Å². The Morgan fingerprint density at radius 2 is 0.738 bits per heavy atom. The van der Waals surface area contributed by atoms with Crippen molar-refractivity contribution in [1.29, 1.82) is 0 Å². The Hall–Kier alpha value is -7.46. The number of ether oxygens (including phenoxy) is 1. The first kappa shape index (κ1) is 61.8. The van der Waals surface area contributed by atoms with Crippen molar-refractivity contribution in [2.24, 2.45) is 0 Å². The second-order valence-corrected chi connectivity index (χ2v) is 17.6. The van der Waals surface area contributed by atoms with Gasteiger partial charge in [0.15, 0.2) is 12.7 Å². The Kier molecular flexibility index (Phi) is 16.9. The van der Waals surface area contributed by atoms with Gasteiger partial charge in [0.1, 0.15) is 18.1 Å². The molecule has 0 saturated heterocycles. The highest BCUT2D eigenvalue weighted by Crippen LogP contribution is 2.41. The summed E-state index contributed by atoms with van der Waals surface area (Å²) in [6.07, 6.45) is -49.9. The summed E-state index contributed by atoms with van der Waals surface area (Å²) < 4.78 is 348. The van der Waals surface area contributed by atoms with Gasteiger partial charge in [0.25, 0.3) is 0 Å². The molecule has 0 aliphatic rings. The molecule has 7 rings (SSSR count). The second-order valence-electron chi connectivity index (χ2n) is 17.1. The van der Waals surface area contributed by atoms with Crippen LogP contribution in [-0.4, -0.2) is 17.1 Å². The minimum Gasteiger partial charge on any atom is -0.418 e. The van der Waals surface area contributed by atoms with E-state index in [1.807, 2.05) is 30.3 Å². The van der Waals surface area contributed by atoms with Crippen molar-refractivity contribution in [2.75, 3.05) is 0 Å². The van der Waals surface area contributed by atoms with Crippen LogP contribution in [0.5, 0.6) is 5.75 Å². The molecule has 1 aromatic heterocycles. The monoisotopic (exact) mass is 1190 g/mol. The molecule has 80 heavy (non-hydrogen) atoms. The van der Waals surface area contributed by atoms with Crippen LogP contribution in [0.15, 0.2) is 146 Å². The van der Waals surface area contributed by atoms with Gasteiger partial charge in [-0.15, -0.1) is 0 Å². The van der Waals surface area contributed by atoms with Crippen molar-refractivity contribution in [3.05, 3.63) is 207 Å². The van der Waals surface area contributed by atoms with Gasteiger partial charge in [0.2, 0.25) is 0 Å². The minimum absolute atomic E-state index is 0.372. The number of carbonyl (C=O) groups excluding carboxylic acids is 1. The Balaban J connectivity index is 0.000000370. The lowest BCUT2D eigenvalue weighted by Gasteiger charge is -2.46. The normalized spacial score (nSPS) is 13.2. The zero-order valence-corrected chi connectivity index (χ0v) is 39.6. The van der Waals surface area contributed by atoms with E-state index in [1.54, 1.807) is 41.2 Å². The van der Waals surface area contributed by atoms with Crippen LogP contribution in [0.2, 0.25) is 5.02 Å². The van der Waals surface area contributed by atoms with Crippen LogP contribution in [-0.2, 0) is 56.0 Å². The summed E-state index contributed by atoms with van der Waals surface area (Å²) in [6, 6.07) is 7.79. The Bertz CT molecular complexity index is 2940. The van der Waals surface area contributed by atoms with Crippen LogP contribution in [0.1, 0.15) is 60.6 Å². The SMILES string of the molecule is FC(F)(F)c1cc([B-](c2cc(C(F)(F)F)cc(C(F)(F)F)c2)(c2cc(C(F)(F)F)cc(C(F)(F)F)c2)c2cc(C(F)(F)F)cc(C(F)(F)F)c2)cc(C(F)(F)F)c1.O=C(Oc1cccc(Cl)c1)c1cncc[n+]1Cc1ccccc1. The highest BCUT2D eigenvalue weighted by atomic mass is 35.5. The molecule has 0 atom stereocenters. The number of esters is 1. The van der Waals surface area contributed by atoms with Crippen molar-refractivity contribution < 1.29 is 119 Å². The van der Waals surface area contributed by atoms with Gasteiger partial charge < -0.3 is 4.74 Å². The fourth-order valence-corrected chi connectivity index (χ4v) is 8.42. The lowest BCUT2D eigenvalue weighted by molar-refractivity contribution is -0.691. The van der Waals surface area contributed by atoms with Crippen LogP contribution in [0.3, 0.4) is 0 Å². The van der Waals surface area contributed by atoms with Gasteiger partial charge in [-0.05, 0) is 42.5 Å². The van der Waals surface area contributed by atoms with Gasteiger partial charge in [0, 0.05) is 10.6 Å². The fourth-order valence-electron chi connectivity index (χ4n) is 8.24. The summed E-state index contributed by atoms with van der Waals surface area (Å²) in [7, 11) is 0. The topological polar surface area (TPSA) is 43.1 Å². The third-order valence-electron chi connectivity index (χ3n) is 11.7. The summed E-state index contributed by atoms with van der Waals surface area (Å²) in [5.41, 5.74) is -28.7. The van der Waals surface area contributed by atoms with E-state index in [1.165, 1.54) is 6.20 Å². The first-order valence-electron chi connectivity index (χ1n) is 21.7. The first-order valence-corrected chi connectivity index (χ1v) is 22.1. The van der Waals surface area contributed by atoms with Gasteiger partial charge in [-0.1, -0.05) is 96.5 Å². The van der Waals surface area contributed by atoms with Crippen LogP contribution >= 0.6 is 11.6 Å². The molecule has 0 unspecified atom stereocenters. The molecule has 0 fully saturated rings. The molecule has 6 aromatic carbocycles. The van der Waals surface area contributed by atoms with Gasteiger partial charge in [0.05, 0.1) is 50.7 Å². The molecule has 0 aliphatic heterocycles. The van der Waals surface area contributed by atoms with Crippen LogP contribution in [0.25, 0.3) is 0 Å². The van der Waals surface area contributed by atoms with E-state index in [-0.39, 0.29) is 0 Å². The van der Waals surface area contributed by atoms with E-state index >= 15 is 0 Å². The van der Waals surface area contributed by atoms with E-state index in [9.17, 15) is 110 Å². The molecule has 1 heterocycles. The number of aromatic nitrogens is 2. The van der Waals surface area contributed by atoms with Gasteiger partial charge >= 0.3 is 61.1 Å². The average molecular weight is 1190 g/mol. The number of hydrogen-bond acceptors (Lipinski definition) is 3. The molecule has 0 bridgehead atoms. The summed E-state index contributed by atoms with van der Waals surface area (Å²) in [5.74, 6) is -0.0751. The molecule has 7 aromatic rings. The largest absolute Gasteiger partial charge is 0.418 e. The van der Waals surface area contributed by atoms with Gasteiger partial charge in [-0.25, -0.2) is 4.79 Å². The zero-order chi connectivity index (χ0) is 60.0. The summed E-state index contributed by atoms with van der Waals surface area (Å²) in [5, 5.41) is 0.513. The number of alkyl halides is 24. The number of halogens is 25. The quantitative estimate of drug-likeness (QED) is 0.0501. The Morgan fingerprint density at radius 1 is 0.425 bits per heavy atom. The highest BCUT2D eigenvalue weighted by Gasteiger charge is 2.47. The molecule has 0 saturated carbocycles. The van der Waals surface area contributed by atoms with Crippen molar-refractivity contribution in [1.82, 2.24) is 4.98 Å². The number of nitrogens with zero attached hydrogens (tertiary/aromatic N) is 2. The summed E-state index contributed by atoms with van der Waals surface area (Å²) >= 11 is 5.90. The molecule has 4 nitrogen and oxygen atoms in total. The maximum atomic E-state index is 14.2. The smallest absolute Gasteiger partial charge is 0.416 e. The van der Waals surface area contributed by atoms with Gasteiger partial charge in [-0.3, -0.25) is 4.98 Å². The lowest BCUT2D eigenvalue weighted by Crippen LogP contribution is -2.75.